The first-order valence-corrected chi connectivity index (χ1v) is 8.63. The summed E-state index contributed by atoms with van der Waals surface area (Å²) < 4.78 is 5.48. The molecule has 27 heavy (non-hydrogen) atoms. The molecular formula is C23H20N2O2. The van der Waals surface area contributed by atoms with E-state index in [-0.39, 0.29) is 12.5 Å². The van der Waals surface area contributed by atoms with Crippen LogP contribution in [-0.2, 0) is 4.79 Å². The lowest BCUT2D eigenvalue weighted by atomic mass is 10.1. The van der Waals surface area contributed by atoms with E-state index in [2.05, 4.69) is 10.5 Å². The SMILES string of the molecule is O=C(COc1ccc(-c2ccccc2)cc1)NN=CC=Cc1ccccc1. The molecule has 0 aliphatic rings. The summed E-state index contributed by atoms with van der Waals surface area (Å²) in [4.78, 5) is 11.8. The molecule has 0 heterocycles. The van der Waals surface area contributed by atoms with Gasteiger partial charge in [-0.1, -0.05) is 78.9 Å². The highest BCUT2D eigenvalue weighted by Gasteiger charge is 2.02. The number of benzene rings is 3. The third-order valence-electron chi connectivity index (χ3n) is 3.77. The van der Waals surface area contributed by atoms with Crippen LogP contribution in [0.3, 0.4) is 0 Å². The maximum absolute atomic E-state index is 11.8. The molecule has 3 aromatic carbocycles. The van der Waals surface area contributed by atoms with Crippen molar-refractivity contribution >= 4 is 18.2 Å². The van der Waals surface area contributed by atoms with E-state index >= 15 is 0 Å². The van der Waals surface area contributed by atoms with Gasteiger partial charge in [-0.3, -0.25) is 4.79 Å². The normalized spacial score (nSPS) is 11.0. The summed E-state index contributed by atoms with van der Waals surface area (Å²) in [7, 11) is 0. The Hall–Kier alpha value is -3.66. The number of allylic oxidation sites excluding steroid dienone is 1. The lowest BCUT2D eigenvalue weighted by Gasteiger charge is -2.06. The van der Waals surface area contributed by atoms with E-state index in [0.717, 1.165) is 16.7 Å². The van der Waals surface area contributed by atoms with Crippen LogP contribution in [0.1, 0.15) is 5.56 Å². The minimum absolute atomic E-state index is 0.0928. The monoisotopic (exact) mass is 356 g/mol. The smallest absolute Gasteiger partial charge is 0.277 e. The van der Waals surface area contributed by atoms with Crippen LogP contribution >= 0.6 is 0 Å². The highest BCUT2D eigenvalue weighted by atomic mass is 16.5. The Kier molecular flexibility index (Phi) is 6.54. The van der Waals surface area contributed by atoms with Crippen molar-refractivity contribution in [2.75, 3.05) is 6.61 Å². The summed E-state index contributed by atoms with van der Waals surface area (Å²) in [6.07, 6.45) is 5.19. The molecule has 4 heteroatoms. The second kappa shape index (κ2) is 9.73. The molecule has 1 N–H and O–H groups in total. The average molecular weight is 356 g/mol. The van der Waals surface area contributed by atoms with Crippen molar-refractivity contribution in [3.05, 3.63) is 96.6 Å². The topological polar surface area (TPSA) is 50.7 Å². The molecular weight excluding hydrogens is 336 g/mol. The summed E-state index contributed by atoms with van der Waals surface area (Å²) in [5, 5.41) is 3.86. The number of amides is 1. The van der Waals surface area contributed by atoms with Gasteiger partial charge in [0.2, 0.25) is 0 Å². The predicted octanol–water partition coefficient (Wildman–Crippen LogP) is 4.55. The van der Waals surface area contributed by atoms with Gasteiger partial charge in [-0.25, -0.2) is 5.43 Å². The van der Waals surface area contributed by atoms with Crippen molar-refractivity contribution in [2.24, 2.45) is 5.10 Å². The summed E-state index contributed by atoms with van der Waals surface area (Å²) >= 11 is 0. The summed E-state index contributed by atoms with van der Waals surface area (Å²) in [5.74, 6) is 0.323. The standard InChI is InChI=1S/C23H20N2O2/c26-23(25-24-17-7-10-19-8-3-1-4-9-19)18-27-22-15-13-21(14-16-22)20-11-5-2-6-12-20/h1-17H,18H2,(H,25,26). The fraction of sp³-hybridized carbons (Fsp3) is 0.0435. The van der Waals surface area contributed by atoms with Gasteiger partial charge >= 0.3 is 0 Å². The molecule has 0 atom stereocenters. The maximum atomic E-state index is 11.8. The Morgan fingerprint density at radius 1 is 0.852 bits per heavy atom. The van der Waals surface area contributed by atoms with Crippen LogP contribution in [0.4, 0.5) is 0 Å². The molecule has 0 aromatic heterocycles. The molecule has 0 radical (unpaired) electrons. The minimum Gasteiger partial charge on any atom is -0.484 e. The minimum atomic E-state index is -0.313. The Bertz CT molecular complexity index is 902. The number of carbonyl (C=O) groups is 1. The lowest BCUT2D eigenvalue weighted by Crippen LogP contribution is -2.24. The molecule has 0 spiro atoms. The Labute approximate surface area is 158 Å². The Morgan fingerprint density at radius 3 is 2.19 bits per heavy atom. The van der Waals surface area contributed by atoms with Gasteiger partial charge in [0.1, 0.15) is 5.75 Å². The van der Waals surface area contributed by atoms with E-state index < -0.39 is 0 Å². The molecule has 1 amide bonds. The van der Waals surface area contributed by atoms with E-state index in [1.54, 1.807) is 6.08 Å². The highest BCUT2D eigenvalue weighted by molar-refractivity contribution is 5.82. The molecule has 0 saturated carbocycles. The van der Waals surface area contributed by atoms with Crippen LogP contribution in [0.2, 0.25) is 0 Å². The first kappa shape index (κ1) is 18.1. The molecule has 3 rings (SSSR count). The van der Waals surface area contributed by atoms with Crippen molar-refractivity contribution in [1.29, 1.82) is 0 Å². The highest BCUT2D eigenvalue weighted by Crippen LogP contribution is 2.21. The number of carbonyl (C=O) groups excluding carboxylic acids is 1. The quantitative estimate of drug-likeness (QED) is 0.499. The fourth-order valence-corrected chi connectivity index (χ4v) is 2.43. The molecule has 134 valence electrons. The van der Waals surface area contributed by atoms with Gasteiger partial charge in [-0.05, 0) is 34.9 Å². The van der Waals surface area contributed by atoms with Crippen LogP contribution in [-0.4, -0.2) is 18.7 Å². The van der Waals surface area contributed by atoms with Crippen LogP contribution in [0.25, 0.3) is 17.2 Å². The maximum Gasteiger partial charge on any atom is 0.277 e. The van der Waals surface area contributed by atoms with Gasteiger partial charge in [0.05, 0.1) is 0 Å². The van der Waals surface area contributed by atoms with E-state index in [4.69, 9.17) is 4.74 Å². The molecule has 3 aromatic rings. The number of hydrazone groups is 1. The number of nitrogens with one attached hydrogen (secondary N) is 1. The first-order chi connectivity index (χ1) is 13.3. The van der Waals surface area contributed by atoms with Gasteiger partial charge < -0.3 is 4.74 Å². The molecule has 0 saturated heterocycles. The second-order valence-electron chi connectivity index (χ2n) is 5.76. The van der Waals surface area contributed by atoms with Gasteiger partial charge in [-0.2, -0.15) is 5.10 Å². The Morgan fingerprint density at radius 2 is 1.48 bits per heavy atom. The third kappa shape index (κ3) is 5.97. The van der Waals surface area contributed by atoms with Crippen molar-refractivity contribution in [3.8, 4) is 16.9 Å². The van der Waals surface area contributed by atoms with E-state index in [1.165, 1.54) is 6.21 Å². The zero-order chi connectivity index (χ0) is 18.7. The predicted molar refractivity (Wildman–Crippen MR) is 109 cm³/mol. The lowest BCUT2D eigenvalue weighted by molar-refractivity contribution is -0.123. The first-order valence-electron chi connectivity index (χ1n) is 8.63. The van der Waals surface area contributed by atoms with Gasteiger partial charge in [0.15, 0.2) is 6.61 Å². The van der Waals surface area contributed by atoms with Crippen LogP contribution < -0.4 is 10.2 Å². The number of rotatable bonds is 7. The van der Waals surface area contributed by atoms with Crippen molar-refractivity contribution in [2.45, 2.75) is 0 Å². The van der Waals surface area contributed by atoms with Gasteiger partial charge in [-0.15, -0.1) is 0 Å². The molecule has 0 unspecified atom stereocenters. The number of ether oxygens (including phenoxy) is 1. The fourth-order valence-electron chi connectivity index (χ4n) is 2.43. The number of hydrogen-bond acceptors (Lipinski definition) is 3. The molecule has 0 aliphatic carbocycles. The van der Waals surface area contributed by atoms with E-state index in [9.17, 15) is 4.79 Å². The molecule has 0 aliphatic heterocycles. The largest absolute Gasteiger partial charge is 0.484 e. The van der Waals surface area contributed by atoms with E-state index in [1.807, 2.05) is 91.0 Å². The number of hydrogen-bond donors (Lipinski definition) is 1. The van der Waals surface area contributed by atoms with Crippen molar-refractivity contribution in [3.63, 3.8) is 0 Å². The average Bonchev–Trinajstić information content (AvgIpc) is 2.74. The van der Waals surface area contributed by atoms with Crippen LogP contribution in [0.15, 0.2) is 96.1 Å². The van der Waals surface area contributed by atoms with Crippen LogP contribution in [0, 0.1) is 0 Å². The van der Waals surface area contributed by atoms with Crippen molar-refractivity contribution in [1.82, 2.24) is 5.43 Å². The zero-order valence-corrected chi connectivity index (χ0v) is 14.8. The van der Waals surface area contributed by atoms with Gasteiger partial charge in [0.25, 0.3) is 5.91 Å². The number of nitrogens with zero attached hydrogens (tertiary/aromatic N) is 1. The van der Waals surface area contributed by atoms with E-state index in [0.29, 0.717) is 5.75 Å². The van der Waals surface area contributed by atoms with Crippen molar-refractivity contribution < 1.29 is 9.53 Å². The third-order valence-corrected chi connectivity index (χ3v) is 3.77. The summed E-state index contributed by atoms with van der Waals surface area (Å²) in [6.45, 7) is -0.0928. The Balaban J connectivity index is 1.42. The second-order valence-corrected chi connectivity index (χ2v) is 5.76. The molecule has 0 bridgehead atoms. The molecule has 4 nitrogen and oxygen atoms in total. The van der Waals surface area contributed by atoms with Crippen LogP contribution in [0.5, 0.6) is 5.75 Å². The summed E-state index contributed by atoms with van der Waals surface area (Å²) in [6, 6.07) is 27.6. The summed E-state index contributed by atoms with van der Waals surface area (Å²) in [5.41, 5.74) is 5.74. The van der Waals surface area contributed by atoms with Gasteiger partial charge in [0, 0.05) is 6.21 Å². The zero-order valence-electron chi connectivity index (χ0n) is 14.8. The molecule has 0 fully saturated rings.